The van der Waals surface area contributed by atoms with Crippen molar-refractivity contribution in [2.24, 2.45) is 0 Å². The van der Waals surface area contributed by atoms with Gasteiger partial charge in [-0.15, -0.1) is 0 Å². The zero-order valence-corrected chi connectivity index (χ0v) is 12.2. The highest BCUT2D eigenvalue weighted by Gasteiger charge is 2.33. The predicted molar refractivity (Wildman–Crippen MR) is 74.3 cm³/mol. The van der Waals surface area contributed by atoms with Crippen LogP contribution in [0, 0.1) is 0 Å². The van der Waals surface area contributed by atoms with Crippen LogP contribution in [0.15, 0.2) is 28.7 Å². The SMILES string of the molecule is CC[C@H](N[C@H]1C[C@H](C)OC1=O)c1ccc(Br)cc1. The largest absolute Gasteiger partial charge is 0.461 e. The summed E-state index contributed by atoms with van der Waals surface area (Å²) in [4.78, 5) is 11.6. The first kappa shape index (κ1) is 13.6. The molecule has 2 rings (SSSR count). The Morgan fingerprint density at radius 2 is 2.11 bits per heavy atom. The summed E-state index contributed by atoms with van der Waals surface area (Å²) in [6.45, 7) is 4.05. The van der Waals surface area contributed by atoms with E-state index in [4.69, 9.17) is 4.74 Å². The Kier molecular flexibility index (Phi) is 4.40. The highest BCUT2D eigenvalue weighted by atomic mass is 79.9. The Morgan fingerprint density at radius 1 is 1.44 bits per heavy atom. The molecule has 1 aromatic rings. The third-order valence-corrected chi connectivity index (χ3v) is 3.78. The maximum atomic E-state index is 11.6. The van der Waals surface area contributed by atoms with Gasteiger partial charge in [0.1, 0.15) is 12.1 Å². The maximum Gasteiger partial charge on any atom is 0.323 e. The van der Waals surface area contributed by atoms with Gasteiger partial charge in [-0.1, -0.05) is 35.0 Å². The Morgan fingerprint density at radius 3 is 2.61 bits per heavy atom. The number of hydrogen-bond donors (Lipinski definition) is 1. The van der Waals surface area contributed by atoms with Crippen LogP contribution >= 0.6 is 15.9 Å². The number of ether oxygens (including phenoxy) is 1. The fraction of sp³-hybridized carbons (Fsp3) is 0.500. The molecule has 0 spiro atoms. The number of halogens is 1. The number of cyclic esters (lactones) is 1. The summed E-state index contributed by atoms with van der Waals surface area (Å²) in [5, 5.41) is 3.39. The molecule has 3 atom stereocenters. The first-order valence-corrected chi connectivity index (χ1v) is 7.11. The van der Waals surface area contributed by atoms with E-state index in [2.05, 4.69) is 40.3 Å². The predicted octanol–water partition coefficient (Wildman–Crippen LogP) is 3.19. The Labute approximate surface area is 116 Å². The van der Waals surface area contributed by atoms with E-state index in [0.717, 1.165) is 17.3 Å². The molecule has 1 heterocycles. The van der Waals surface area contributed by atoms with Gasteiger partial charge in [-0.2, -0.15) is 0 Å². The summed E-state index contributed by atoms with van der Waals surface area (Å²) in [6, 6.07) is 8.23. The van der Waals surface area contributed by atoms with Crippen molar-refractivity contribution in [3.05, 3.63) is 34.3 Å². The van der Waals surface area contributed by atoms with Crippen molar-refractivity contribution in [1.82, 2.24) is 5.32 Å². The average Bonchev–Trinajstić information content (AvgIpc) is 2.66. The Hall–Kier alpha value is -0.870. The summed E-state index contributed by atoms with van der Waals surface area (Å²) < 4.78 is 6.23. The van der Waals surface area contributed by atoms with Crippen molar-refractivity contribution in [3.63, 3.8) is 0 Å². The van der Waals surface area contributed by atoms with Crippen LogP contribution in [-0.2, 0) is 9.53 Å². The minimum absolute atomic E-state index is 0.0254. The lowest BCUT2D eigenvalue weighted by molar-refractivity contribution is -0.142. The van der Waals surface area contributed by atoms with Crippen LogP contribution in [0.2, 0.25) is 0 Å². The lowest BCUT2D eigenvalue weighted by atomic mass is 10.0. The van der Waals surface area contributed by atoms with Gasteiger partial charge in [0.25, 0.3) is 0 Å². The van der Waals surface area contributed by atoms with Gasteiger partial charge < -0.3 is 4.74 Å². The second kappa shape index (κ2) is 5.85. The van der Waals surface area contributed by atoms with Crippen molar-refractivity contribution in [3.8, 4) is 0 Å². The molecular weight excluding hydrogens is 294 g/mol. The van der Waals surface area contributed by atoms with E-state index in [1.165, 1.54) is 5.56 Å². The van der Waals surface area contributed by atoms with Crippen molar-refractivity contribution >= 4 is 21.9 Å². The summed E-state index contributed by atoms with van der Waals surface area (Å²) >= 11 is 3.43. The van der Waals surface area contributed by atoms with Crippen molar-refractivity contribution < 1.29 is 9.53 Å². The molecule has 3 nitrogen and oxygen atoms in total. The fourth-order valence-electron chi connectivity index (χ4n) is 2.28. The first-order chi connectivity index (χ1) is 8.60. The van der Waals surface area contributed by atoms with E-state index in [-0.39, 0.29) is 24.2 Å². The molecule has 18 heavy (non-hydrogen) atoms. The molecule has 1 aliphatic rings. The van der Waals surface area contributed by atoms with E-state index < -0.39 is 0 Å². The average molecular weight is 312 g/mol. The molecule has 1 aliphatic heterocycles. The van der Waals surface area contributed by atoms with Gasteiger partial charge in [-0.05, 0) is 31.0 Å². The van der Waals surface area contributed by atoms with Gasteiger partial charge >= 0.3 is 5.97 Å². The lowest BCUT2D eigenvalue weighted by Crippen LogP contribution is -2.36. The third kappa shape index (κ3) is 3.12. The van der Waals surface area contributed by atoms with Gasteiger partial charge in [0.05, 0.1) is 0 Å². The van der Waals surface area contributed by atoms with Crippen LogP contribution in [0.3, 0.4) is 0 Å². The molecule has 0 bridgehead atoms. The molecule has 1 saturated heterocycles. The van der Waals surface area contributed by atoms with Gasteiger partial charge in [0, 0.05) is 16.9 Å². The quantitative estimate of drug-likeness (QED) is 0.868. The van der Waals surface area contributed by atoms with Gasteiger partial charge in [0.2, 0.25) is 0 Å². The zero-order chi connectivity index (χ0) is 13.1. The molecule has 1 fully saturated rings. The number of benzene rings is 1. The van der Waals surface area contributed by atoms with Crippen LogP contribution in [0.4, 0.5) is 0 Å². The zero-order valence-electron chi connectivity index (χ0n) is 10.7. The molecule has 0 aliphatic carbocycles. The summed E-state index contributed by atoms with van der Waals surface area (Å²) in [7, 11) is 0. The van der Waals surface area contributed by atoms with E-state index in [1.54, 1.807) is 0 Å². The van der Waals surface area contributed by atoms with Gasteiger partial charge in [0.15, 0.2) is 0 Å². The molecular formula is C14H18BrNO2. The molecule has 0 amide bonds. The highest BCUT2D eigenvalue weighted by Crippen LogP contribution is 2.23. The van der Waals surface area contributed by atoms with Crippen LogP contribution in [0.1, 0.15) is 38.3 Å². The molecule has 1 aromatic carbocycles. The molecule has 1 N–H and O–H groups in total. The van der Waals surface area contributed by atoms with E-state index in [0.29, 0.717) is 0 Å². The van der Waals surface area contributed by atoms with Crippen molar-refractivity contribution in [2.75, 3.05) is 0 Å². The molecule has 98 valence electrons. The second-order valence-electron chi connectivity index (χ2n) is 4.71. The molecule has 0 radical (unpaired) electrons. The number of nitrogens with one attached hydrogen (secondary N) is 1. The number of esters is 1. The topological polar surface area (TPSA) is 38.3 Å². The van der Waals surface area contributed by atoms with Crippen LogP contribution in [-0.4, -0.2) is 18.1 Å². The lowest BCUT2D eigenvalue weighted by Gasteiger charge is -2.20. The highest BCUT2D eigenvalue weighted by molar-refractivity contribution is 9.10. The maximum absolute atomic E-state index is 11.6. The van der Waals surface area contributed by atoms with E-state index >= 15 is 0 Å². The van der Waals surface area contributed by atoms with E-state index in [9.17, 15) is 4.79 Å². The minimum atomic E-state index is -0.173. The van der Waals surface area contributed by atoms with Gasteiger partial charge in [-0.3, -0.25) is 10.1 Å². The number of hydrogen-bond acceptors (Lipinski definition) is 3. The monoisotopic (exact) mass is 311 g/mol. The summed E-state index contributed by atoms with van der Waals surface area (Å²) in [5.41, 5.74) is 1.20. The Balaban J connectivity index is 2.05. The molecule has 0 aromatic heterocycles. The van der Waals surface area contributed by atoms with E-state index in [1.807, 2.05) is 19.1 Å². The molecule has 4 heteroatoms. The fourth-order valence-corrected chi connectivity index (χ4v) is 2.54. The third-order valence-electron chi connectivity index (χ3n) is 3.25. The van der Waals surface area contributed by atoms with Crippen molar-refractivity contribution in [2.45, 2.75) is 44.9 Å². The van der Waals surface area contributed by atoms with Gasteiger partial charge in [-0.25, -0.2) is 0 Å². The van der Waals surface area contributed by atoms with Crippen LogP contribution < -0.4 is 5.32 Å². The molecule has 0 saturated carbocycles. The second-order valence-corrected chi connectivity index (χ2v) is 5.63. The minimum Gasteiger partial charge on any atom is -0.461 e. The first-order valence-electron chi connectivity index (χ1n) is 6.32. The van der Waals surface area contributed by atoms with Crippen LogP contribution in [0.5, 0.6) is 0 Å². The standard InChI is InChI=1S/C14H18BrNO2/c1-3-12(10-4-6-11(15)7-5-10)16-13-8-9(2)18-14(13)17/h4-7,9,12-13,16H,3,8H2,1-2H3/t9-,12-,13-/m0/s1. The molecule has 0 unspecified atom stereocenters. The van der Waals surface area contributed by atoms with Crippen LogP contribution in [0.25, 0.3) is 0 Å². The smallest absolute Gasteiger partial charge is 0.323 e. The summed E-state index contributed by atoms with van der Waals surface area (Å²) in [6.07, 6.45) is 1.73. The van der Waals surface area contributed by atoms with Crippen molar-refractivity contribution in [1.29, 1.82) is 0 Å². The number of carbonyl (C=O) groups is 1. The number of carbonyl (C=O) groups excluding carboxylic acids is 1. The Bertz CT molecular complexity index is 418. The number of rotatable bonds is 4. The summed E-state index contributed by atoms with van der Waals surface area (Å²) in [5.74, 6) is -0.127. The normalized spacial score (nSPS) is 24.9.